The van der Waals surface area contributed by atoms with Gasteiger partial charge >= 0.3 is 47.2 Å². The first-order valence-corrected chi connectivity index (χ1v) is 12.2. The van der Waals surface area contributed by atoms with Crippen LogP contribution in [0.25, 0.3) is 0 Å². The van der Waals surface area contributed by atoms with Gasteiger partial charge in [0.1, 0.15) is 18.3 Å². The number of rotatable bonds is 5. The average Bonchev–Trinajstić information content (AvgIpc) is 2.56. The van der Waals surface area contributed by atoms with E-state index in [9.17, 15) is 4.79 Å². The molecule has 0 fully saturated rings. The summed E-state index contributed by atoms with van der Waals surface area (Å²) in [7, 11) is -14.4. The van der Waals surface area contributed by atoms with Gasteiger partial charge in [-0.1, -0.05) is 0 Å². The molecule has 198 valence electrons. The Bertz CT molecular complexity index is 478. The Labute approximate surface area is 186 Å². The van der Waals surface area contributed by atoms with Crippen molar-refractivity contribution >= 4 is 47.2 Å². The summed E-state index contributed by atoms with van der Waals surface area (Å²) in [6, 6.07) is 0. The molecule has 4 atom stereocenters. The Morgan fingerprint density at radius 3 is 0.848 bits per heavy atom. The molecule has 16 N–H and O–H groups in total. The number of carbonyl (C=O) groups is 1. The fourth-order valence-corrected chi connectivity index (χ4v) is 0.668. The Hall–Kier alpha value is -0.630. The second kappa shape index (κ2) is 31.4. The summed E-state index contributed by atoms with van der Waals surface area (Å²) in [5.41, 5.74) is 0. The van der Waals surface area contributed by atoms with Gasteiger partial charge in [0, 0.05) is 22.8 Å². The summed E-state index contributed by atoms with van der Waals surface area (Å²) in [4.78, 5) is 81.3. The van der Waals surface area contributed by atoms with E-state index in [0.29, 0.717) is 0 Å². The largest absolute Gasteiger partial charge is 0.692 e. The molecule has 0 aliphatic rings. The van der Waals surface area contributed by atoms with Crippen molar-refractivity contribution < 1.29 is 107 Å². The van der Waals surface area contributed by atoms with Gasteiger partial charge in [0.05, 0.1) is 6.61 Å². The van der Waals surface area contributed by atoms with E-state index in [-0.39, 0.29) is 0 Å². The van der Waals surface area contributed by atoms with Gasteiger partial charge in [-0.2, -0.15) is 0 Å². The Morgan fingerprint density at radius 1 is 0.545 bits per heavy atom. The molecule has 0 saturated carbocycles. The van der Waals surface area contributed by atoms with Crippen molar-refractivity contribution in [1.82, 2.24) is 0 Å². The zero-order chi connectivity index (χ0) is 28.5. The normalized spacial score (nSPS) is 12.0. The van der Waals surface area contributed by atoms with Crippen LogP contribution in [0.3, 0.4) is 0 Å². The highest BCUT2D eigenvalue weighted by atomic mass is 31.1. The van der Waals surface area contributed by atoms with Gasteiger partial charge in [-0.15, -0.1) is 48.9 Å². The second-order valence-electron chi connectivity index (χ2n) is 3.78. The maximum Gasteiger partial charge on any atom is 0.692 e. The lowest BCUT2D eigenvalue weighted by molar-refractivity contribution is -0.164. The summed E-state index contributed by atoms with van der Waals surface area (Å²) in [5.74, 6) is -1.73. The molecule has 0 spiro atoms. The van der Waals surface area contributed by atoms with Crippen LogP contribution in [0.5, 0.6) is 0 Å². The smallest absolute Gasteiger partial charge is 0.479 e. The van der Waals surface area contributed by atoms with E-state index in [1.54, 1.807) is 0 Å². The third-order valence-corrected chi connectivity index (χ3v) is 1.51. The van der Waals surface area contributed by atoms with Crippen LogP contribution < -0.4 is 0 Å². The van der Waals surface area contributed by atoms with Crippen LogP contribution in [0.4, 0.5) is 0 Å². The number of aliphatic hydroxyl groups is 5. The van der Waals surface area contributed by atoms with Gasteiger partial charge in [-0.25, -0.2) is 4.79 Å². The lowest BCUT2D eigenvalue weighted by Gasteiger charge is -2.23. The molecule has 0 saturated heterocycles. The zero-order valence-corrected chi connectivity index (χ0v) is 19.8. The summed E-state index contributed by atoms with van der Waals surface area (Å²) >= 11 is 0. The van der Waals surface area contributed by atoms with Gasteiger partial charge in [0.2, 0.25) is 0 Å². The number of hydrogen-bond donors (Lipinski definition) is 16. The molecular formula is C6H22O22P5+5. The molecule has 0 aliphatic heterocycles. The maximum atomic E-state index is 10.1. The fourth-order valence-electron chi connectivity index (χ4n) is 0.668. The van der Waals surface area contributed by atoms with Gasteiger partial charge in [-0.3, -0.25) is 0 Å². The molecule has 0 bridgehead atoms. The molecule has 0 aromatic rings. The Kier molecular flexibility index (Phi) is 43.5. The van der Waals surface area contributed by atoms with Crippen LogP contribution in [0.2, 0.25) is 0 Å². The fraction of sp³-hybridized carbons (Fsp3) is 0.833. The van der Waals surface area contributed by atoms with Crippen molar-refractivity contribution in [3.63, 3.8) is 0 Å². The average molecular weight is 601 g/mol. The molecule has 22 nitrogen and oxygen atoms in total. The highest BCUT2D eigenvalue weighted by Crippen LogP contribution is 2.05. The first kappa shape index (κ1) is 45.8. The molecule has 0 radical (unpaired) electrons. The van der Waals surface area contributed by atoms with Crippen molar-refractivity contribution in [1.29, 1.82) is 0 Å². The van der Waals surface area contributed by atoms with E-state index < -0.39 is 78.3 Å². The van der Waals surface area contributed by atoms with E-state index in [1.165, 1.54) is 0 Å². The second-order valence-corrected chi connectivity index (χ2v) is 6.31. The lowest BCUT2D eigenvalue weighted by atomic mass is 10.0. The zero-order valence-electron chi connectivity index (χ0n) is 15.4. The van der Waals surface area contributed by atoms with Gasteiger partial charge in [0.25, 0.3) is 0 Å². The van der Waals surface area contributed by atoms with Crippen LogP contribution >= 0.6 is 41.3 Å². The number of carboxylic acid groups (broad SMARTS) is 1. The van der Waals surface area contributed by atoms with Crippen LogP contribution in [0.1, 0.15) is 0 Å². The topological polar surface area (TPSA) is 426 Å². The monoisotopic (exact) mass is 601 g/mol. The van der Waals surface area contributed by atoms with E-state index in [2.05, 4.69) is 0 Å². The molecule has 0 unspecified atom stereocenters. The number of hydrogen-bond acceptors (Lipinski definition) is 11. The summed E-state index contributed by atoms with van der Waals surface area (Å²) < 4.78 is 43.5. The highest BCUT2D eigenvalue weighted by Gasteiger charge is 2.33. The van der Waals surface area contributed by atoms with E-state index >= 15 is 0 Å². The molecule has 0 aliphatic carbocycles. The van der Waals surface area contributed by atoms with E-state index in [1.807, 2.05) is 0 Å². The maximum absolute atomic E-state index is 10.1. The summed E-state index contributed by atoms with van der Waals surface area (Å²) in [6.45, 7) is -0.843. The molecule has 0 amide bonds. The first-order chi connectivity index (χ1) is 14.6. The molecular weight excluding hydrogens is 579 g/mol. The minimum Gasteiger partial charge on any atom is -0.479 e. The quantitative estimate of drug-likeness (QED) is 0.131. The molecule has 0 aromatic carbocycles. The van der Waals surface area contributed by atoms with Gasteiger partial charge in [-0.05, 0) is 0 Å². The van der Waals surface area contributed by atoms with Crippen LogP contribution in [-0.2, 0) is 27.6 Å². The Morgan fingerprint density at radius 2 is 0.727 bits per heavy atom. The number of carboxylic acids is 1. The predicted molar refractivity (Wildman–Crippen MR) is 99.0 cm³/mol. The summed E-state index contributed by atoms with van der Waals surface area (Å²) in [5, 5.41) is 51.8. The standard InChI is InChI=1S/C6H12O7.5HO3P/c7-1-2(8)3(9)4(10)5(11)6(12)13;5*1-4(2)3/h2-5,7-11H,1H2,(H,12,13);5*(H-,1,2,3)/p+5/t2-,3-,4+,5-;;;;;/m1...../s1. The van der Waals surface area contributed by atoms with Gasteiger partial charge < -0.3 is 30.6 Å². The molecule has 0 aromatic heterocycles. The molecule has 0 heterocycles. The van der Waals surface area contributed by atoms with Crippen molar-refractivity contribution in [3.8, 4) is 0 Å². The highest BCUT2D eigenvalue weighted by molar-refractivity contribution is 7.31. The van der Waals surface area contributed by atoms with Crippen molar-refractivity contribution in [2.75, 3.05) is 6.61 Å². The van der Waals surface area contributed by atoms with E-state index in [4.69, 9.17) is 102 Å². The first-order valence-electron chi connectivity index (χ1n) is 6.39. The SMILES string of the molecule is O=C(O)[C@H](O)[C@@H](O)[C@H](O)[C@H](O)CO.O=[P+](O)O.O=[P+](O)O.O=[P+](O)O.O=[P+](O)O.O=[P+](O)O. The van der Waals surface area contributed by atoms with Crippen molar-refractivity contribution in [2.45, 2.75) is 24.4 Å². The third kappa shape index (κ3) is 89.7. The molecule has 0 rings (SSSR count). The lowest BCUT2D eigenvalue weighted by Crippen LogP contribution is -2.48. The van der Waals surface area contributed by atoms with Crippen LogP contribution in [-0.4, -0.2) is 117 Å². The third-order valence-electron chi connectivity index (χ3n) is 1.51. The molecule has 27 heteroatoms. The van der Waals surface area contributed by atoms with Gasteiger partial charge in [0.15, 0.2) is 6.10 Å². The Balaban J connectivity index is -0.0000000754. The number of aliphatic hydroxyl groups excluding tert-OH is 5. The van der Waals surface area contributed by atoms with Crippen molar-refractivity contribution in [3.05, 3.63) is 0 Å². The van der Waals surface area contributed by atoms with E-state index in [0.717, 1.165) is 0 Å². The van der Waals surface area contributed by atoms with Crippen LogP contribution in [0.15, 0.2) is 0 Å². The molecule has 33 heavy (non-hydrogen) atoms. The van der Waals surface area contributed by atoms with Crippen LogP contribution in [0, 0.1) is 0 Å². The minimum atomic E-state index is -2.87. The minimum absolute atomic E-state index is 0.843. The number of aliphatic carboxylic acids is 1. The predicted octanol–water partition coefficient (Wildman–Crippen LogP) is -5.35. The van der Waals surface area contributed by atoms with Crippen molar-refractivity contribution in [2.24, 2.45) is 0 Å². The summed E-state index contributed by atoms with van der Waals surface area (Å²) in [6.07, 6.45) is -7.84.